The lowest BCUT2D eigenvalue weighted by Crippen LogP contribution is -2.54. The lowest BCUT2D eigenvalue weighted by Gasteiger charge is -2.26. The Kier molecular flexibility index (Phi) is 6.38. The second-order valence-electron chi connectivity index (χ2n) is 9.17. The van der Waals surface area contributed by atoms with Gasteiger partial charge in [-0.2, -0.15) is 0 Å². The van der Waals surface area contributed by atoms with E-state index in [1.807, 2.05) is 97.1 Å². The van der Waals surface area contributed by atoms with Crippen LogP contribution in [0.4, 0.5) is 14.9 Å². The molecule has 0 spiro atoms. The SMILES string of the molecule is O=C1NC(=O)N(c2ccc(F)cc2)C(=O)/C1=C\c1cc(-c2ccccc2)n(-c2ccccc2)c1-c1ccccc1. The van der Waals surface area contributed by atoms with Crippen LogP contribution in [0.1, 0.15) is 5.56 Å². The number of rotatable bonds is 5. The van der Waals surface area contributed by atoms with Crippen molar-refractivity contribution >= 4 is 29.6 Å². The van der Waals surface area contributed by atoms with Gasteiger partial charge in [0.25, 0.3) is 11.8 Å². The third kappa shape index (κ3) is 4.50. The third-order valence-corrected chi connectivity index (χ3v) is 6.65. The van der Waals surface area contributed by atoms with Crippen LogP contribution >= 0.6 is 0 Å². The molecule has 1 saturated heterocycles. The van der Waals surface area contributed by atoms with Gasteiger partial charge in [-0.3, -0.25) is 14.9 Å². The first kappa shape index (κ1) is 24.8. The number of para-hydroxylation sites is 1. The molecule has 4 aromatic carbocycles. The van der Waals surface area contributed by atoms with Crippen molar-refractivity contribution in [1.82, 2.24) is 9.88 Å². The predicted molar refractivity (Wildman–Crippen MR) is 152 cm³/mol. The molecule has 0 bridgehead atoms. The summed E-state index contributed by atoms with van der Waals surface area (Å²) < 4.78 is 15.6. The third-order valence-electron chi connectivity index (χ3n) is 6.65. The molecule has 1 aliphatic rings. The number of carbonyl (C=O) groups excluding carboxylic acids is 3. The van der Waals surface area contributed by atoms with Crippen LogP contribution in [0.25, 0.3) is 34.3 Å². The minimum absolute atomic E-state index is 0.150. The molecule has 40 heavy (non-hydrogen) atoms. The first-order valence-corrected chi connectivity index (χ1v) is 12.6. The zero-order valence-corrected chi connectivity index (χ0v) is 21.1. The fraction of sp³-hybridized carbons (Fsp3) is 0. The summed E-state index contributed by atoms with van der Waals surface area (Å²) in [6.07, 6.45) is 1.51. The summed E-state index contributed by atoms with van der Waals surface area (Å²) in [5.74, 6) is -2.11. The van der Waals surface area contributed by atoms with Gasteiger partial charge in [0.2, 0.25) is 0 Å². The topological polar surface area (TPSA) is 71.4 Å². The standard InChI is InChI=1S/C33H22FN3O3/c34-25-16-18-27(19-17-25)37-32(39)28(31(38)35-33(37)40)20-24-21-29(22-10-4-1-5-11-22)36(26-14-8-3-9-15-26)30(24)23-12-6-2-7-13-23/h1-21H,(H,35,38,40)/b28-20-. The number of amides is 4. The second-order valence-corrected chi connectivity index (χ2v) is 9.17. The van der Waals surface area contributed by atoms with Crippen molar-refractivity contribution in [2.24, 2.45) is 0 Å². The number of barbiturate groups is 1. The molecule has 6 rings (SSSR count). The Morgan fingerprint density at radius 2 is 1.23 bits per heavy atom. The first-order chi connectivity index (χ1) is 19.5. The molecule has 7 heteroatoms. The molecule has 194 valence electrons. The van der Waals surface area contributed by atoms with Crippen LogP contribution in [0.3, 0.4) is 0 Å². The van der Waals surface area contributed by atoms with Gasteiger partial charge in [-0.15, -0.1) is 0 Å². The van der Waals surface area contributed by atoms with E-state index in [1.54, 1.807) is 0 Å². The lowest BCUT2D eigenvalue weighted by molar-refractivity contribution is -0.122. The Morgan fingerprint density at radius 1 is 0.650 bits per heavy atom. The number of nitrogens with zero attached hydrogens (tertiary/aromatic N) is 2. The molecule has 6 nitrogen and oxygen atoms in total. The monoisotopic (exact) mass is 527 g/mol. The number of carbonyl (C=O) groups is 3. The molecule has 1 fully saturated rings. The van der Waals surface area contributed by atoms with Crippen LogP contribution in [0.2, 0.25) is 0 Å². The number of hydrogen-bond donors (Lipinski definition) is 1. The fourth-order valence-corrected chi connectivity index (χ4v) is 4.84. The predicted octanol–water partition coefficient (Wildman–Crippen LogP) is 6.62. The summed E-state index contributed by atoms with van der Waals surface area (Å²) in [4.78, 5) is 40.1. The number of aromatic nitrogens is 1. The van der Waals surface area contributed by atoms with Crippen molar-refractivity contribution in [1.29, 1.82) is 0 Å². The number of urea groups is 1. The summed E-state index contributed by atoms with van der Waals surface area (Å²) in [7, 11) is 0. The summed E-state index contributed by atoms with van der Waals surface area (Å²) in [6, 6.07) is 35.3. The highest BCUT2D eigenvalue weighted by atomic mass is 19.1. The van der Waals surface area contributed by atoms with Crippen LogP contribution in [-0.4, -0.2) is 22.4 Å². The number of anilines is 1. The molecule has 4 amide bonds. The summed E-state index contributed by atoms with van der Waals surface area (Å²) in [6.45, 7) is 0. The maximum Gasteiger partial charge on any atom is 0.335 e. The number of nitrogens with one attached hydrogen (secondary N) is 1. The molecular weight excluding hydrogens is 505 g/mol. The van der Waals surface area contributed by atoms with E-state index < -0.39 is 23.7 Å². The average Bonchev–Trinajstić information content (AvgIpc) is 3.37. The van der Waals surface area contributed by atoms with E-state index in [-0.39, 0.29) is 11.3 Å². The van der Waals surface area contributed by atoms with Gasteiger partial charge in [0, 0.05) is 11.3 Å². The van der Waals surface area contributed by atoms with E-state index in [1.165, 1.54) is 18.2 Å². The molecule has 5 aromatic rings. The van der Waals surface area contributed by atoms with Crippen molar-refractivity contribution in [3.63, 3.8) is 0 Å². The number of halogens is 1. The Bertz CT molecular complexity index is 1760. The first-order valence-electron chi connectivity index (χ1n) is 12.6. The van der Waals surface area contributed by atoms with Crippen molar-refractivity contribution in [3.05, 3.63) is 138 Å². The maximum atomic E-state index is 13.6. The Hall–Kier alpha value is -5.56. The molecule has 1 aromatic heterocycles. The molecule has 2 heterocycles. The van der Waals surface area contributed by atoms with Gasteiger partial charge in [-0.05, 0) is 59.7 Å². The van der Waals surface area contributed by atoms with Gasteiger partial charge in [-0.1, -0.05) is 78.9 Å². The van der Waals surface area contributed by atoms with Crippen LogP contribution in [0.5, 0.6) is 0 Å². The van der Waals surface area contributed by atoms with Crippen LogP contribution < -0.4 is 10.2 Å². The van der Waals surface area contributed by atoms with Crippen molar-refractivity contribution in [2.75, 3.05) is 4.90 Å². The van der Waals surface area contributed by atoms with E-state index in [0.717, 1.165) is 45.2 Å². The molecule has 0 atom stereocenters. The Labute approximate surface area is 229 Å². The van der Waals surface area contributed by atoms with Gasteiger partial charge < -0.3 is 4.57 Å². The van der Waals surface area contributed by atoms with Crippen LogP contribution in [-0.2, 0) is 9.59 Å². The van der Waals surface area contributed by atoms with E-state index in [2.05, 4.69) is 9.88 Å². The molecule has 0 saturated carbocycles. The number of imide groups is 2. The van der Waals surface area contributed by atoms with Crippen molar-refractivity contribution in [3.8, 4) is 28.2 Å². The van der Waals surface area contributed by atoms with Gasteiger partial charge in [0.1, 0.15) is 11.4 Å². The van der Waals surface area contributed by atoms with E-state index in [9.17, 15) is 18.8 Å². The van der Waals surface area contributed by atoms with E-state index >= 15 is 0 Å². The van der Waals surface area contributed by atoms with Crippen molar-refractivity contribution in [2.45, 2.75) is 0 Å². The molecule has 0 unspecified atom stereocenters. The maximum absolute atomic E-state index is 13.6. The molecule has 0 aliphatic carbocycles. The van der Waals surface area contributed by atoms with E-state index in [0.29, 0.717) is 5.56 Å². The second kappa shape index (κ2) is 10.3. The smallest absolute Gasteiger partial charge is 0.309 e. The minimum Gasteiger partial charge on any atom is -0.309 e. The summed E-state index contributed by atoms with van der Waals surface area (Å²) in [5.41, 5.74) is 4.87. The van der Waals surface area contributed by atoms with E-state index in [4.69, 9.17) is 0 Å². The Balaban J connectivity index is 1.59. The molecule has 1 N–H and O–H groups in total. The summed E-state index contributed by atoms with van der Waals surface area (Å²) in [5, 5.41) is 2.25. The normalized spacial score (nSPS) is 14.5. The number of benzene rings is 4. The largest absolute Gasteiger partial charge is 0.335 e. The zero-order chi connectivity index (χ0) is 27.6. The van der Waals surface area contributed by atoms with Gasteiger partial charge in [-0.25, -0.2) is 14.1 Å². The van der Waals surface area contributed by atoms with Gasteiger partial charge in [0.05, 0.1) is 17.1 Å². The number of hydrogen-bond acceptors (Lipinski definition) is 3. The quantitative estimate of drug-likeness (QED) is 0.206. The molecule has 0 radical (unpaired) electrons. The summed E-state index contributed by atoms with van der Waals surface area (Å²) >= 11 is 0. The van der Waals surface area contributed by atoms with Gasteiger partial charge >= 0.3 is 6.03 Å². The van der Waals surface area contributed by atoms with Crippen LogP contribution in [0.15, 0.2) is 127 Å². The fourth-order valence-electron chi connectivity index (χ4n) is 4.84. The minimum atomic E-state index is -0.895. The molecular formula is C33H22FN3O3. The Morgan fingerprint density at radius 3 is 1.85 bits per heavy atom. The molecule has 1 aliphatic heterocycles. The lowest BCUT2D eigenvalue weighted by atomic mass is 10.0. The highest BCUT2D eigenvalue weighted by molar-refractivity contribution is 6.39. The average molecular weight is 528 g/mol. The van der Waals surface area contributed by atoms with Gasteiger partial charge in [0.15, 0.2) is 0 Å². The highest BCUT2D eigenvalue weighted by Gasteiger charge is 2.37. The zero-order valence-electron chi connectivity index (χ0n) is 21.1. The van der Waals surface area contributed by atoms with Crippen molar-refractivity contribution < 1.29 is 18.8 Å². The van der Waals surface area contributed by atoms with Crippen LogP contribution in [0, 0.1) is 5.82 Å². The highest BCUT2D eigenvalue weighted by Crippen LogP contribution is 2.37.